The molecule has 0 radical (unpaired) electrons. The maximum atomic E-state index is 10.5. The molecule has 5 heteroatoms. The van der Waals surface area contributed by atoms with Crippen LogP contribution in [0.25, 0.3) is 0 Å². The largest absolute Gasteiger partial charge is 0.386 e. The minimum absolute atomic E-state index is 0.321. The Kier molecular flexibility index (Phi) is 3.56. The molecule has 0 saturated carbocycles. The lowest BCUT2D eigenvalue weighted by atomic mass is 9.99. The molecule has 3 rings (SSSR count). The molecule has 0 aliphatic carbocycles. The van der Waals surface area contributed by atoms with E-state index in [4.69, 9.17) is 18.9 Å². The van der Waals surface area contributed by atoms with E-state index in [-0.39, 0.29) is 12.2 Å². The summed E-state index contributed by atoms with van der Waals surface area (Å²) in [4.78, 5) is 0. The van der Waals surface area contributed by atoms with Crippen molar-refractivity contribution < 1.29 is 24.1 Å². The van der Waals surface area contributed by atoms with Crippen LogP contribution in [0.3, 0.4) is 0 Å². The van der Waals surface area contributed by atoms with Gasteiger partial charge in [-0.05, 0) is 19.4 Å². The van der Waals surface area contributed by atoms with Gasteiger partial charge in [0.25, 0.3) is 0 Å². The van der Waals surface area contributed by atoms with Gasteiger partial charge in [-0.3, -0.25) is 0 Å². The Labute approximate surface area is 118 Å². The van der Waals surface area contributed by atoms with E-state index in [2.05, 4.69) is 0 Å². The molecule has 2 heterocycles. The van der Waals surface area contributed by atoms with E-state index in [0.29, 0.717) is 0 Å². The van der Waals surface area contributed by atoms with E-state index in [0.717, 1.165) is 5.56 Å². The van der Waals surface area contributed by atoms with Crippen molar-refractivity contribution in [2.24, 2.45) is 0 Å². The van der Waals surface area contributed by atoms with E-state index in [9.17, 15) is 5.11 Å². The number of benzene rings is 1. The molecule has 20 heavy (non-hydrogen) atoms. The van der Waals surface area contributed by atoms with Crippen molar-refractivity contribution in [1.29, 1.82) is 0 Å². The first kappa shape index (κ1) is 14.0. The summed E-state index contributed by atoms with van der Waals surface area (Å²) < 4.78 is 22.8. The number of ether oxygens (including phenoxy) is 4. The molecule has 0 bridgehead atoms. The summed E-state index contributed by atoms with van der Waals surface area (Å²) in [6.45, 7) is 3.67. The average molecular weight is 280 g/mol. The van der Waals surface area contributed by atoms with Gasteiger partial charge in [-0.15, -0.1) is 0 Å². The number of methoxy groups -OCH3 is 1. The molecule has 2 saturated heterocycles. The number of rotatable bonds is 3. The number of aliphatic hydroxyl groups excluding tert-OH is 1. The zero-order valence-corrected chi connectivity index (χ0v) is 11.9. The summed E-state index contributed by atoms with van der Waals surface area (Å²) in [6, 6.07) is 9.39. The highest BCUT2D eigenvalue weighted by atomic mass is 16.8. The van der Waals surface area contributed by atoms with Crippen LogP contribution in [-0.4, -0.2) is 42.6 Å². The van der Waals surface area contributed by atoms with Gasteiger partial charge in [0.2, 0.25) is 0 Å². The van der Waals surface area contributed by atoms with Crippen molar-refractivity contribution >= 4 is 0 Å². The summed E-state index contributed by atoms with van der Waals surface area (Å²) in [5.74, 6) is -0.686. The first-order valence-electron chi connectivity index (χ1n) is 6.79. The molecule has 5 nitrogen and oxygen atoms in total. The third-order valence-electron chi connectivity index (χ3n) is 3.75. The Hall–Kier alpha value is -0.980. The van der Waals surface area contributed by atoms with E-state index < -0.39 is 24.3 Å². The molecule has 0 amide bonds. The van der Waals surface area contributed by atoms with Crippen molar-refractivity contribution in [2.45, 2.75) is 50.3 Å². The minimum atomic E-state index is -0.776. The van der Waals surface area contributed by atoms with Crippen molar-refractivity contribution in [3.8, 4) is 0 Å². The van der Waals surface area contributed by atoms with Gasteiger partial charge in [-0.1, -0.05) is 30.3 Å². The van der Waals surface area contributed by atoms with Crippen molar-refractivity contribution in [2.75, 3.05) is 7.11 Å². The van der Waals surface area contributed by atoms with Crippen LogP contribution in [-0.2, 0) is 18.9 Å². The third-order valence-corrected chi connectivity index (χ3v) is 3.75. The predicted molar refractivity (Wildman–Crippen MR) is 70.9 cm³/mol. The molecular formula is C15H20O5. The fraction of sp³-hybridized carbons (Fsp3) is 0.600. The molecule has 2 aliphatic heterocycles. The van der Waals surface area contributed by atoms with Gasteiger partial charge in [0.1, 0.15) is 24.4 Å². The second-order valence-corrected chi connectivity index (χ2v) is 5.63. The zero-order chi connectivity index (χ0) is 14.3. The number of hydrogen-bond donors (Lipinski definition) is 1. The van der Waals surface area contributed by atoms with Gasteiger partial charge in [0.15, 0.2) is 12.1 Å². The van der Waals surface area contributed by atoms with Gasteiger partial charge >= 0.3 is 0 Å². The minimum Gasteiger partial charge on any atom is -0.386 e. The number of hydrogen-bond acceptors (Lipinski definition) is 5. The summed E-state index contributed by atoms with van der Waals surface area (Å²) >= 11 is 0. The van der Waals surface area contributed by atoms with Gasteiger partial charge in [0, 0.05) is 7.11 Å². The van der Waals surface area contributed by atoms with Crippen LogP contribution in [0.5, 0.6) is 0 Å². The van der Waals surface area contributed by atoms with Crippen LogP contribution < -0.4 is 0 Å². The molecule has 2 fully saturated rings. The second kappa shape index (κ2) is 5.09. The Morgan fingerprint density at radius 1 is 1.20 bits per heavy atom. The van der Waals surface area contributed by atoms with Crippen molar-refractivity contribution in [1.82, 2.24) is 0 Å². The van der Waals surface area contributed by atoms with E-state index in [1.165, 1.54) is 0 Å². The quantitative estimate of drug-likeness (QED) is 0.911. The van der Waals surface area contributed by atoms with Gasteiger partial charge in [-0.25, -0.2) is 0 Å². The Morgan fingerprint density at radius 3 is 2.55 bits per heavy atom. The Bertz CT molecular complexity index is 461. The van der Waals surface area contributed by atoms with Crippen LogP contribution in [0.15, 0.2) is 30.3 Å². The maximum Gasteiger partial charge on any atom is 0.190 e. The molecule has 1 aromatic rings. The third kappa shape index (κ3) is 2.36. The molecule has 1 aromatic carbocycles. The van der Waals surface area contributed by atoms with Gasteiger partial charge < -0.3 is 24.1 Å². The fourth-order valence-electron chi connectivity index (χ4n) is 2.87. The van der Waals surface area contributed by atoms with Crippen LogP contribution in [0.1, 0.15) is 25.5 Å². The van der Waals surface area contributed by atoms with Crippen molar-refractivity contribution in [3.63, 3.8) is 0 Å². The fourth-order valence-corrected chi connectivity index (χ4v) is 2.87. The zero-order valence-electron chi connectivity index (χ0n) is 11.9. The topological polar surface area (TPSA) is 57.2 Å². The van der Waals surface area contributed by atoms with Gasteiger partial charge in [-0.2, -0.15) is 0 Å². The summed E-state index contributed by atoms with van der Waals surface area (Å²) in [6.07, 6.45) is -2.47. The highest BCUT2D eigenvalue weighted by Crippen LogP contribution is 2.41. The molecule has 0 unspecified atom stereocenters. The van der Waals surface area contributed by atoms with E-state index in [1.54, 1.807) is 7.11 Å². The molecule has 110 valence electrons. The lowest BCUT2D eigenvalue weighted by molar-refractivity contribution is -0.228. The Balaban J connectivity index is 1.79. The molecule has 0 spiro atoms. The van der Waals surface area contributed by atoms with Crippen LogP contribution in [0, 0.1) is 0 Å². The normalized spacial score (nSPS) is 36.8. The SMILES string of the molecule is CO[C@@H]1[C@H]2OC(C)(C)O[C@H]2O[C@@H]1[C@H](O)c1ccccc1. The highest BCUT2D eigenvalue weighted by molar-refractivity contribution is 5.19. The smallest absolute Gasteiger partial charge is 0.190 e. The standard InChI is InChI=1S/C15H20O5/c1-15(2)19-13-12(17-3)11(18-14(13)20-15)10(16)9-7-5-4-6-8-9/h4-8,10-14,16H,1-3H3/t10-,11-,12+,13-,14-/m1/s1. The molecule has 5 atom stereocenters. The van der Waals surface area contributed by atoms with Crippen molar-refractivity contribution in [3.05, 3.63) is 35.9 Å². The van der Waals surface area contributed by atoms with Gasteiger partial charge in [0.05, 0.1) is 0 Å². The van der Waals surface area contributed by atoms with Crippen LogP contribution in [0.2, 0.25) is 0 Å². The first-order valence-corrected chi connectivity index (χ1v) is 6.79. The second-order valence-electron chi connectivity index (χ2n) is 5.63. The highest BCUT2D eigenvalue weighted by Gasteiger charge is 2.56. The molecule has 2 aliphatic rings. The molecule has 1 N–H and O–H groups in total. The lowest BCUT2D eigenvalue weighted by Crippen LogP contribution is -2.39. The summed E-state index contributed by atoms with van der Waals surface area (Å²) in [5.41, 5.74) is 0.791. The predicted octanol–water partition coefficient (Wildman–Crippen LogP) is 1.61. The average Bonchev–Trinajstić information content (AvgIpc) is 2.90. The molecular weight excluding hydrogens is 260 g/mol. The van der Waals surface area contributed by atoms with E-state index >= 15 is 0 Å². The summed E-state index contributed by atoms with van der Waals surface area (Å²) in [7, 11) is 1.59. The summed E-state index contributed by atoms with van der Waals surface area (Å²) in [5, 5.41) is 10.5. The Morgan fingerprint density at radius 2 is 1.90 bits per heavy atom. The van der Waals surface area contributed by atoms with E-state index in [1.807, 2.05) is 44.2 Å². The maximum absolute atomic E-state index is 10.5. The monoisotopic (exact) mass is 280 g/mol. The molecule has 0 aromatic heterocycles. The first-order chi connectivity index (χ1) is 9.52. The number of fused-ring (bicyclic) bond motifs is 1. The van der Waals surface area contributed by atoms with Crippen LogP contribution >= 0.6 is 0 Å². The number of aliphatic hydroxyl groups is 1. The lowest BCUT2D eigenvalue weighted by Gasteiger charge is -2.27. The van der Waals surface area contributed by atoms with Crippen LogP contribution in [0.4, 0.5) is 0 Å².